The van der Waals surface area contributed by atoms with Crippen LogP contribution >= 0.6 is 0 Å². The molecular formula is C13H16O3. The van der Waals surface area contributed by atoms with Crippen molar-refractivity contribution < 1.29 is 14.6 Å². The van der Waals surface area contributed by atoms with E-state index in [1.807, 2.05) is 0 Å². The highest BCUT2D eigenvalue weighted by Crippen LogP contribution is 2.11. The third kappa shape index (κ3) is 6.50. The molecule has 0 unspecified atom stereocenters. The molecular weight excluding hydrogens is 204 g/mol. The second-order valence-electron chi connectivity index (χ2n) is 3.03. The predicted octanol–water partition coefficient (Wildman–Crippen LogP) is 2.14. The number of phenols is 1. The maximum Gasteiger partial charge on any atom is 0.305 e. The number of ether oxygens (including phenoxy) is 1. The minimum atomic E-state index is -0.215. The predicted molar refractivity (Wildman–Crippen MR) is 63.0 cm³/mol. The maximum absolute atomic E-state index is 10.8. The average molecular weight is 220 g/mol. The topological polar surface area (TPSA) is 46.5 Å². The lowest BCUT2D eigenvalue weighted by Crippen LogP contribution is -2.01. The quantitative estimate of drug-likeness (QED) is 0.627. The summed E-state index contributed by atoms with van der Waals surface area (Å²) in [5.41, 5.74) is 1.02. The molecule has 0 aromatic heterocycles. The fraction of sp³-hybridized carbons (Fsp3) is 0.308. The molecule has 0 spiro atoms. The summed E-state index contributed by atoms with van der Waals surface area (Å²) < 4.78 is 4.51. The number of esters is 1. The second kappa shape index (κ2) is 8.37. The first-order chi connectivity index (χ1) is 7.63. The molecule has 0 saturated carbocycles. The third-order valence-corrected chi connectivity index (χ3v) is 1.78. The summed E-state index contributed by atoms with van der Waals surface area (Å²) in [4.78, 5) is 10.8. The van der Waals surface area contributed by atoms with Gasteiger partial charge >= 0.3 is 5.97 Å². The zero-order valence-corrected chi connectivity index (χ0v) is 9.56. The van der Waals surface area contributed by atoms with Gasteiger partial charge in [-0.15, -0.1) is 12.3 Å². The summed E-state index contributed by atoms with van der Waals surface area (Å²) in [6.07, 6.45) is 5.62. The number of benzene rings is 1. The van der Waals surface area contributed by atoms with E-state index in [1.165, 1.54) is 7.11 Å². The van der Waals surface area contributed by atoms with E-state index in [2.05, 4.69) is 17.1 Å². The maximum atomic E-state index is 10.8. The first-order valence-electron chi connectivity index (χ1n) is 4.86. The number of rotatable bonds is 3. The summed E-state index contributed by atoms with van der Waals surface area (Å²) in [6, 6.07) is 6.79. The smallest absolute Gasteiger partial charge is 0.305 e. The highest BCUT2D eigenvalue weighted by Gasteiger charge is 2.00. The lowest BCUT2D eigenvalue weighted by Gasteiger charge is -2.00. The molecule has 3 nitrogen and oxygen atoms in total. The number of hydrogen-bond acceptors (Lipinski definition) is 3. The molecule has 1 rings (SSSR count). The van der Waals surface area contributed by atoms with Crippen LogP contribution in [0.4, 0.5) is 0 Å². The number of carbonyl (C=O) groups is 1. The van der Waals surface area contributed by atoms with Gasteiger partial charge < -0.3 is 9.84 Å². The number of terminal acetylenes is 1. The molecule has 0 saturated heterocycles. The summed E-state index contributed by atoms with van der Waals surface area (Å²) >= 11 is 0. The Balaban J connectivity index is 0.000000673. The summed E-state index contributed by atoms with van der Waals surface area (Å²) in [5.74, 6) is 2.27. The van der Waals surface area contributed by atoms with E-state index in [0.717, 1.165) is 5.56 Å². The Hall–Kier alpha value is -1.95. The van der Waals surface area contributed by atoms with Crippen molar-refractivity contribution in [1.82, 2.24) is 0 Å². The standard InChI is InChI=1S/C10H12O3.C3H4/c1-13-10(12)7-4-8-2-5-9(11)6-3-8;1-3-2/h2-3,5-6,11H,4,7H2,1H3;1H,2H3. The van der Waals surface area contributed by atoms with Crippen LogP contribution in [-0.4, -0.2) is 18.2 Å². The van der Waals surface area contributed by atoms with Crippen molar-refractivity contribution in [3.63, 3.8) is 0 Å². The van der Waals surface area contributed by atoms with Crippen molar-refractivity contribution in [2.24, 2.45) is 0 Å². The van der Waals surface area contributed by atoms with Crippen molar-refractivity contribution in [2.75, 3.05) is 7.11 Å². The Morgan fingerprint density at radius 3 is 2.38 bits per heavy atom. The van der Waals surface area contributed by atoms with Gasteiger partial charge in [-0.1, -0.05) is 12.1 Å². The molecule has 0 aliphatic rings. The van der Waals surface area contributed by atoms with E-state index in [4.69, 9.17) is 5.11 Å². The molecule has 0 aliphatic heterocycles. The largest absolute Gasteiger partial charge is 0.508 e. The van der Waals surface area contributed by atoms with Gasteiger partial charge in [0.05, 0.1) is 7.11 Å². The first-order valence-corrected chi connectivity index (χ1v) is 4.86. The van der Waals surface area contributed by atoms with Crippen LogP contribution in [0.25, 0.3) is 0 Å². The Kier molecular flexibility index (Phi) is 7.35. The molecule has 0 fully saturated rings. The highest BCUT2D eigenvalue weighted by molar-refractivity contribution is 5.69. The lowest BCUT2D eigenvalue weighted by molar-refractivity contribution is -0.140. The van der Waals surface area contributed by atoms with Gasteiger partial charge in [0.2, 0.25) is 0 Å². The van der Waals surface area contributed by atoms with Crippen LogP contribution < -0.4 is 0 Å². The van der Waals surface area contributed by atoms with Crippen LogP contribution in [0, 0.1) is 12.3 Å². The van der Waals surface area contributed by atoms with Crippen LogP contribution in [-0.2, 0) is 16.0 Å². The third-order valence-electron chi connectivity index (χ3n) is 1.78. The van der Waals surface area contributed by atoms with Crippen LogP contribution in [0.1, 0.15) is 18.9 Å². The van der Waals surface area contributed by atoms with E-state index < -0.39 is 0 Å². The number of aromatic hydroxyl groups is 1. The van der Waals surface area contributed by atoms with Crippen molar-refractivity contribution >= 4 is 5.97 Å². The molecule has 86 valence electrons. The number of phenolic OH excluding ortho intramolecular Hbond substituents is 1. The van der Waals surface area contributed by atoms with Gasteiger partial charge in [-0.25, -0.2) is 0 Å². The molecule has 0 bridgehead atoms. The number of methoxy groups -OCH3 is 1. The monoisotopic (exact) mass is 220 g/mol. The summed E-state index contributed by atoms with van der Waals surface area (Å²) in [6.45, 7) is 1.65. The van der Waals surface area contributed by atoms with Crippen LogP contribution in [0.5, 0.6) is 5.75 Å². The average Bonchev–Trinajstić information content (AvgIpc) is 2.29. The van der Waals surface area contributed by atoms with Crippen LogP contribution in [0.15, 0.2) is 24.3 Å². The van der Waals surface area contributed by atoms with Crippen molar-refractivity contribution in [3.05, 3.63) is 29.8 Å². The van der Waals surface area contributed by atoms with E-state index in [9.17, 15) is 4.79 Å². The molecule has 0 heterocycles. The first kappa shape index (κ1) is 14.1. The van der Waals surface area contributed by atoms with Gasteiger partial charge in [-0.3, -0.25) is 4.79 Å². The second-order valence-corrected chi connectivity index (χ2v) is 3.03. The minimum absolute atomic E-state index is 0.215. The molecule has 1 aromatic rings. The highest BCUT2D eigenvalue weighted by atomic mass is 16.5. The lowest BCUT2D eigenvalue weighted by atomic mass is 10.1. The minimum Gasteiger partial charge on any atom is -0.508 e. The molecule has 1 aromatic carbocycles. The summed E-state index contributed by atoms with van der Waals surface area (Å²) in [7, 11) is 1.37. The van der Waals surface area contributed by atoms with E-state index in [1.54, 1.807) is 31.2 Å². The van der Waals surface area contributed by atoms with Crippen molar-refractivity contribution in [2.45, 2.75) is 19.8 Å². The fourth-order valence-electron chi connectivity index (χ4n) is 1.01. The Labute approximate surface area is 96.1 Å². The van der Waals surface area contributed by atoms with Gasteiger partial charge in [-0.2, -0.15) is 0 Å². The van der Waals surface area contributed by atoms with Gasteiger partial charge in [0.25, 0.3) is 0 Å². The number of hydrogen-bond donors (Lipinski definition) is 1. The van der Waals surface area contributed by atoms with Gasteiger partial charge in [0, 0.05) is 6.42 Å². The van der Waals surface area contributed by atoms with Crippen LogP contribution in [0.2, 0.25) is 0 Å². The molecule has 0 amide bonds. The van der Waals surface area contributed by atoms with Gasteiger partial charge in [0.1, 0.15) is 5.75 Å². The van der Waals surface area contributed by atoms with Gasteiger partial charge in [-0.05, 0) is 31.0 Å². The number of aryl methyl sites for hydroxylation is 1. The molecule has 0 aliphatic carbocycles. The molecule has 1 N–H and O–H groups in total. The Morgan fingerprint density at radius 1 is 1.44 bits per heavy atom. The van der Waals surface area contributed by atoms with Gasteiger partial charge in [0.15, 0.2) is 0 Å². The van der Waals surface area contributed by atoms with E-state index in [-0.39, 0.29) is 11.7 Å². The SMILES string of the molecule is C#CC.COC(=O)CCc1ccc(O)cc1. The zero-order chi connectivity index (χ0) is 12.4. The Bertz CT molecular complexity index is 346. The normalized spacial score (nSPS) is 8.31. The molecule has 0 atom stereocenters. The van der Waals surface area contributed by atoms with E-state index in [0.29, 0.717) is 12.8 Å². The van der Waals surface area contributed by atoms with Crippen LogP contribution in [0.3, 0.4) is 0 Å². The van der Waals surface area contributed by atoms with Crippen molar-refractivity contribution in [3.8, 4) is 18.1 Å². The summed E-state index contributed by atoms with van der Waals surface area (Å²) in [5, 5.41) is 8.99. The fourth-order valence-corrected chi connectivity index (χ4v) is 1.01. The molecule has 16 heavy (non-hydrogen) atoms. The van der Waals surface area contributed by atoms with Crippen molar-refractivity contribution in [1.29, 1.82) is 0 Å². The Morgan fingerprint density at radius 2 is 1.94 bits per heavy atom. The van der Waals surface area contributed by atoms with E-state index >= 15 is 0 Å². The zero-order valence-electron chi connectivity index (χ0n) is 9.56. The molecule has 3 heteroatoms. The number of carbonyl (C=O) groups excluding carboxylic acids is 1. The molecule has 0 radical (unpaired) electrons.